The molecule has 8 nitrogen and oxygen atoms in total. The minimum absolute atomic E-state index is 0.174. The van der Waals surface area contributed by atoms with E-state index in [-0.39, 0.29) is 30.7 Å². The van der Waals surface area contributed by atoms with Gasteiger partial charge in [0.2, 0.25) is 5.91 Å². The molecule has 1 aliphatic rings. The van der Waals surface area contributed by atoms with E-state index in [1.807, 2.05) is 30.3 Å². The van der Waals surface area contributed by atoms with Crippen molar-refractivity contribution in [2.24, 2.45) is 0 Å². The number of aromatic nitrogens is 2. The first-order chi connectivity index (χ1) is 17.1. The maximum atomic E-state index is 13.3. The summed E-state index contributed by atoms with van der Waals surface area (Å²) < 4.78 is 13.9. The van der Waals surface area contributed by atoms with E-state index in [0.29, 0.717) is 34.7 Å². The molecule has 2 heterocycles. The molecule has 1 aliphatic heterocycles. The second-order valence-electron chi connectivity index (χ2n) is 8.42. The summed E-state index contributed by atoms with van der Waals surface area (Å²) in [6.07, 6.45) is 1.52. The Morgan fingerprint density at radius 1 is 0.914 bits per heavy atom. The molecule has 1 amide bonds. The molecule has 1 fully saturated rings. The Hall–Kier alpha value is -4.17. The van der Waals surface area contributed by atoms with Gasteiger partial charge in [0.05, 0.1) is 23.6 Å². The summed E-state index contributed by atoms with van der Waals surface area (Å²) in [6.45, 7) is 0.569. The molecule has 1 aromatic heterocycles. The fourth-order valence-corrected chi connectivity index (χ4v) is 4.25. The predicted molar refractivity (Wildman–Crippen MR) is 133 cm³/mol. The third kappa shape index (κ3) is 5.02. The topological polar surface area (TPSA) is 91.6 Å². The normalized spacial score (nSPS) is 15.3. The summed E-state index contributed by atoms with van der Waals surface area (Å²) in [6, 6.07) is 23.2. The second-order valence-corrected chi connectivity index (χ2v) is 8.42. The lowest BCUT2D eigenvalue weighted by atomic mass is 10.2. The average Bonchev–Trinajstić information content (AvgIpc) is 3.40. The number of ether oxygens (including phenoxy) is 2. The van der Waals surface area contributed by atoms with Crippen molar-refractivity contribution in [3.63, 3.8) is 0 Å². The molecule has 0 aliphatic carbocycles. The van der Waals surface area contributed by atoms with Gasteiger partial charge in [-0.2, -0.15) is 0 Å². The molecule has 0 radical (unpaired) electrons. The summed E-state index contributed by atoms with van der Waals surface area (Å²) >= 11 is 0. The van der Waals surface area contributed by atoms with Crippen LogP contribution in [0.2, 0.25) is 0 Å². The Labute approximate surface area is 201 Å². The van der Waals surface area contributed by atoms with E-state index in [4.69, 9.17) is 9.47 Å². The molecule has 4 aromatic rings. The molecule has 35 heavy (non-hydrogen) atoms. The molecule has 5 rings (SSSR count). The highest BCUT2D eigenvalue weighted by Crippen LogP contribution is 2.22. The zero-order valence-corrected chi connectivity index (χ0v) is 19.1. The van der Waals surface area contributed by atoms with Crippen molar-refractivity contribution in [2.75, 3.05) is 11.9 Å². The fraction of sp³-hybridized carbons (Fsp3) is 0.222. The summed E-state index contributed by atoms with van der Waals surface area (Å²) in [5, 5.41) is 3.20. The van der Waals surface area contributed by atoms with Crippen LogP contribution >= 0.6 is 0 Å². The number of carbonyl (C=O) groups is 1. The molecule has 8 heteroatoms. The predicted octanol–water partition coefficient (Wildman–Crippen LogP) is 3.77. The van der Waals surface area contributed by atoms with Crippen molar-refractivity contribution in [1.29, 1.82) is 0 Å². The van der Waals surface area contributed by atoms with Gasteiger partial charge in [-0.3, -0.25) is 18.7 Å². The molecule has 0 bridgehead atoms. The van der Waals surface area contributed by atoms with E-state index in [0.717, 1.165) is 12.8 Å². The lowest BCUT2D eigenvalue weighted by molar-refractivity contribution is -0.116. The van der Waals surface area contributed by atoms with Crippen LogP contribution in [0.15, 0.2) is 88.5 Å². The Morgan fingerprint density at radius 2 is 1.63 bits per heavy atom. The van der Waals surface area contributed by atoms with E-state index in [9.17, 15) is 14.4 Å². The van der Waals surface area contributed by atoms with Gasteiger partial charge in [-0.05, 0) is 61.4 Å². The molecule has 1 saturated heterocycles. The third-order valence-corrected chi connectivity index (χ3v) is 5.96. The number of fused-ring (bicyclic) bond motifs is 1. The van der Waals surface area contributed by atoms with Gasteiger partial charge in [-0.15, -0.1) is 0 Å². The first-order valence-corrected chi connectivity index (χ1v) is 11.6. The number of carbonyl (C=O) groups excluding carboxylic acids is 1. The molecule has 1 N–H and O–H groups in total. The molecule has 0 unspecified atom stereocenters. The highest BCUT2D eigenvalue weighted by atomic mass is 16.5. The number of anilines is 1. The average molecular weight is 472 g/mol. The van der Waals surface area contributed by atoms with Gasteiger partial charge in [0.25, 0.3) is 5.56 Å². The minimum Gasteiger partial charge on any atom is -0.457 e. The Balaban J connectivity index is 1.36. The van der Waals surface area contributed by atoms with Crippen molar-refractivity contribution >= 4 is 22.5 Å². The maximum absolute atomic E-state index is 13.3. The van der Waals surface area contributed by atoms with Crippen molar-refractivity contribution in [3.05, 3.63) is 99.7 Å². The fourth-order valence-electron chi connectivity index (χ4n) is 4.25. The number of para-hydroxylation sites is 2. The van der Waals surface area contributed by atoms with E-state index < -0.39 is 5.69 Å². The van der Waals surface area contributed by atoms with Crippen LogP contribution in [-0.2, 0) is 22.6 Å². The van der Waals surface area contributed by atoms with E-state index in [2.05, 4.69) is 5.32 Å². The molecule has 0 saturated carbocycles. The number of benzene rings is 3. The van der Waals surface area contributed by atoms with E-state index in [1.165, 1.54) is 9.13 Å². The molecule has 3 aromatic carbocycles. The minimum atomic E-state index is -0.522. The number of hydrogen-bond donors (Lipinski definition) is 1. The number of amides is 1. The molecule has 178 valence electrons. The van der Waals surface area contributed by atoms with Gasteiger partial charge in [0, 0.05) is 12.3 Å². The number of rotatable bonds is 7. The van der Waals surface area contributed by atoms with Gasteiger partial charge in [-0.25, -0.2) is 4.79 Å². The van der Waals surface area contributed by atoms with Crippen LogP contribution < -0.4 is 21.3 Å². The van der Waals surface area contributed by atoms with E-state index in [1.54, 1.807) is 48.5 Å². The summed E-state index contributed by atoms with van der Waals surface area (Å²) in [7, 11) is 0. The zero-order valence-electron chi connectivity index (χ0n) is 19.1. The van der Waals surface area contributed by atoms with E-state index >= 15 is 0 Å². The summed E-state index contributed by atoms with van der Waals surface area (Å²) in [5.41, 5.74) is 0.103. The SMILES string of the molecule is O=C(Cn1c(=O)n(C[C@H]2CCCO2)c(=O)c2ccccc21)Nc1ccc(Oc2ccccc2)cc1. The third-order valence-electron chi connectivity index (χ3n) is 5.96. The van der Waals surface area contributed by atoms with Gasteiger partial charge in [0.1, 0.15) is 18.0 Å². The smallest absolute Gasteiger partial charge is 0.332 e. The van der Waals surface area contributed by atoms with Crippen LogP contribution in [0, 0.1) is 0 Å². The van der Waals surface area contributed by atoms with Crippen molar-refractivity contribution in [2.45, 2.75) is 32.0 Å². The van der Waals surface area contributed by atoms with Crippen molar-refractivity contribution < 1.29 is 14.3 Å². The quantitative estimate of drug-likeness (QED) is 0.443. The maximum Gasteiger partial charge on any atom is 0.332 e. The zero-order chi connectivity index (χ0) is 24.2. The number of nitrogens with one attached hydrogen (secondary N) is 1. The molecular weight excluding hydrogens is 446 g/mol. The first kappa shape index (κ1) is 22.6. The Morgan fingerprint density at radius 3 is 2.37 bits per heavy atom. The molecular formula is C27H25N3O5. The Kier molecular flexibility index (Phi) is 6.45. The lowest BCUT2D eigenvalue weighted by Gasteiger charge is -2.16. The lowest BCUT2D eigenvalue weighted by Crippen LogP contribution is -2.43. The number of nitrogens with zero attached hydrogens (tertiary/aromatic N) is 2. The monoisotopic (exact) mass is 471 g/mol. The molecule has 0 spiro atoms. The highest BCUT2D eigenvalue weighted by Gasteiger charge is 2.21. The van der Waals surface area contributed by atoms with Crippen LogP contribution in [-0.4, -0.2) is 27.8 Å². The van der Waals surface area contributed by atoms with Crippen LogP contribution in [0.5, 0.6) is 11.5 Å². The van der Waals surface area contributed by atoms with Gasteiger partial charge in [-0.1, -0.05) is 30.3 Å². The van der Waals surface area contributed by atoms with Crippen LogP contribution in [0.3, 0.4) is 0 Å². The first-order valence-electron chi connectivity index (χ1n) is 11.6. The summed E-state index contributed by atoms with van der Waals surface area (Å²) in [5.74, 6) is 0.975. The van der Waals surface area contributed by atoms with Crippen LogP contribution in [0.1, 0.15) is 12.8 Å². The number of hydrogen-bond acceptors (Lipinski definition) is 5. The van der Waals surface area contributed by atoms with Crippen molar-refractivity contribution in [3.8, 4) is 11.5 Å². The highest BCUT2D eigenvalue weighted by molar-refractivity contribution is 5.91. The standard InChI is InChI=1S/C27H25N3O5/c31-25(28-19-12-14-21(15-13-19)35-20-7-2-1-3-8-20)18-29-24-11-5-4-10-23(24)26(32)30(27(29)33)17-22-9-6-16-34-22/h1-5,7-8,10-15,22H,6,9,16-18H2,(H,28,31)/t22-/m1/s1. The largest absolute Gasteiger partial charge is 0.457 e. The second kappa shape index (κ2) is 9.99. The van der Waals surface area contributed by atoms with Crippen molar-refractivity contribution in [1.82, 2.24) is 9.13 Å². The van der Waals surface area contributed by atoms with Gasteiger partial charge >= 0.3 is 5.69 Å². The molecule has 1 atom stereocenters. The van der Waals surface area contributed by atoms with Crippen LogP contribution in [0.4, 0.5) is 5.69 Å². The van der Waals surface area contributed by atoms with Gasteiger partial charge in [0.15, 0.2) is 0 Å². The van der Waals surface area contributed by atoms with Crippen LogP contribution in [0.25, 0.3) is 10.9 Å². The van der Waals surface area contributed by atoms with Gasteiger partial charge < -0.3 is 14.8 Å². The summed E-state index contributed by atoms with van der Waals surface area (Å²) in [4.78, 5) is 39.2. The Bertz CT molecular complexity index is 1450.